The molecule has 2 unspecified atom stereocenters. The van der Waals surface area contributed by atoms with Crippen molar-refractivity contribution in [2.24, 2.45) is 0 Å². The van der Waals surface area contributed by atoms with E-state index in [1.807, 2.05) is 6.92 Å². The zero-order chi connectivity index (χ0) is 15.6. The number of carbonyl (C=O) groups is 2. The number of anilines is 1. The molecule has 1 aliphatic rings. The van der Waals surface area contributed by atoms with E-state index in [0.717, 1.165) is 0 Å². The SMILES string of the molecule is CCC1SCC(C(=O)O)N1C(=O)Nc1cc(Cl)ccc1Cl. The fourth-order valence-electron chi connectivity index (χ4n) is 2.11. The summed E-state index contributed by atoms with van der Waals surface area (Å²) in [7, 11) is 0. The average Bonchev–Trinajstić information content (AvgIpc) is 2.87. The van der Waals surface area contributed by atoms with Gasteiger partial charge in [-0.3, -0.25) is 4.90 Å². The molecule has 0 aliphatic carbocycles. The van der Waals surface area contributed by atoms with Crippen molar-refractivity contribution in [2.45, 2.75) is 24.8 Å². The van der Waals surface area contributed by atoms with Gasteiger partial charge in [0.25, 0.3) is 0 Å². The van der Waals surface area contributed by atoms with Gasteiger partial charge < -0.3 is 10.4 Å². The van der Waals surface area contributed by atoms with E-state index < -0.39 is 18.0 Å². The second kappa shape index (κ2) is 6.77. The number of hydrogen-bond donors (Lipinski definition) is 2. The van der Waals surface area contributed by atoms with E-state index in [1.165, 1.54) is 22.7 Å². The van der Waals surface area contributed by atoms with Gasteiger partial charge in [-0.05, 0) is 24.6 Å². The zero-order valence-corrected chi connectivity index (χ0v) is 13.5. The maximum Gasteiger partial charge on any atom is 0.327 e. The van der Waals surface area contributed by atoms with Gasteiger partial charge in [-0.1, -0.05) is 30.1 Å². The van der Waals surface area contributed by atoms with Crippen LogP contribution in [0.1, 0.15) is 13.3 Å². The summed E-state index contributed by atoms with van der Waals surface area (Å²) in [5, 5.41) is 12.5. The van der Waals surface area contributed by atoms with Gasteiger partial charge in [-0.2, -0.15) is 0 Å². The molecule has 5 nitrogen and oxygen atoms in total. The molecule has 0 bridgehead atoms. The lowest BCUT2D eigenvalue weighted by Crippen LogP contribution is -2.47. The Labute approximate surface area is 136 Å². The van der Waals surface area contributed by atoms with Gasteiger partial charge in [0, 0.05) is 10.8 Å². The zero-order valence-electron chi connectivity index (χ0n) is 11.2. The van der Waals surface area contributed by atoms with Crippen molar-refractivity contribution < 1.29 is 14.7 Å². The summed E-state index contributed by atoms with van der Waals surface area (Å²) in [6.07, 6.45) is 0.672. The Bertz CT molecular complexity index is 570. The molecule has 1 fully saturated rings. The second-order valence-corrected chi connectivity index (χ2v) is 6.57. The van der Waals surface area contributed by atoms with Gasteiger partial charge in [0.2, 0.25) is 0 Å². The van der Waals surface area contributed by atoms with E-state index in [2.05, 4.69) is 5.32 Å². The minimum absolute atomic E-state index is 0.163. The number of thioether (sulfide) groups is 1. The van der Waals surface area contributed by atoms with Crippen LogP contribution in [0, 0.1) is 0 Å². The topological polar surface area (TPSA) is 69.6 Å². The molecular formula is C13H14Cl2N2O3S. The highest BCUT2D eigenvalue weighted by atomic mass is 35.5. The van der Waals surface area contributed by atoms with Gasteiger partial charge >= 0.3 is 12.0 Å². The molecule has 1 saturated heterocycles. The number of benzene rings is 1. The number of hydrogen-bond acceptors (Lipinski definition) is 3. The molecule has 1 heterocycles. The maximum absolute atomic E-state index is 12.4. The number of urea groups is 1. The van der Waals surface area contributed by atoms with Gasteiger partial charge in [0.1, 0.15) is 6.04 Å². The lowest BCUT2D eigenvalue weighted by atomic mass is 10.2. The molecule has 2 rings (SSSR count). The molecule has 1 aliphatic heterocycles. The van der Waals surface area contributed by atoms with Gasteiger partial charge in [0.05, 0.1) is 16.1 Å². The first kappa shape index (κ1) is 16.3. The Kier molecular flexibility index (Phi) is 5.24. The second-order valence-electron chi connectivity index (χ2n) is 4.51. The third-order valence-electron chi connectivity index (χ3n) is 3.13. The quantitative estimate of drug-likeness (QED) is 0.872. The van der Waals surface area contributed by atoms with Gasteiger partial charge in [-0.25, -0.2) is 9.59 Å². The standard InChI is InChI=1S/C13H14Cl2N2O3S/c1-2-11-17(10(6-21-11)12(18)19)13(20)16-9-5-7(14)3-4-8(9)15/h3-5,10-11H,2,6H2,1H3,(H,16,20)(H,18,19). The molecule has 2 N–H and O–H groups in total. The molecule has 0 radical (unpaired) electrons. The van der Waals surface area contributed by atoms with Crippen molar-refractivity contribution >= 4 is 52.7 Å². The first-order chi connectivity index (χ1) is 9.93. The summed E-state index contributed by atoms with van der Waals surface area (Å²) < 4.78 is 0. The monoisotopic (exact) mass is 348 g/mol. The predicted molar refractivity (Wildman–Crippen MR) is 85.3 cm³/mol. The Morgan fingerprint density at radius 1 is 1.48 bits per heavy atom. The first-order valence-corrected chi connectivity index (χ1v) is 8.13. The highest BCUT2D eigenvalue weighted by Gasteiger charge is 2.40. The predicted octanol–water partition coefficient (Wildman–Crippen LogP) is 3.76. The fraction of sp³-hybridized carbons (Fsp3) is 0.385. The number of halogens is 2. The summed E-state index contributed by atoms with van der Waals surface area (Å²) in [5.41, 5.74) is 0.366. The number of carboxylic acids is 1. The normalized spacial score (nSPS) is 21.4. The van der Waals surface area contributed by atoms with Crippen LogP contribution in [0.4, 0.5) is 10.5 Å². The molecule has 1 aromatic rings. The highest BCUT2D eigenvalue weighted by Crippen LogP contribution is 2.33. The van der Waals surface area contributed by atoms with Crippen LogP contribution in [-0.2, 0) is 4.79 Å². The molecule has 0 saturated carbocycles. The Hall–Kier alpha value is -1.11. The van der Waals surface area contributed by atoms with Crippen LogP contribution in [0.5, 0.6) is 0 Å². The molecule has 114 valence electrons. The largest absolute Gasteiger partial charge is 0.480 e. The van der Waals surface area contributed by atoms with Gasteiger partial charge in [-0.15, -0.1) is 11.8 Å². The van der Waals surface area contributed by atoms with Crippen molar-refractivity contribution in [3.8, 4) is 0 Å². The number of nitrogens with one attached hydrogen (secondary N) is 1. The summed E-state index contributed by atoms with van der Waals surface area (Å²) in [4.78, 5) is 25.0. The lowest BCUT2D eigenvalue weighted by Gasteiger charge is -2.27. The molecule has 21 heavy (non-hydrogen) atoms. The van der Waals surface area contributed by atoms with Crippen LogP contribution < -0.4 is 5.32 Å². The summed E-state index contributed by atoms with van der Waals surface area (Å²) >= 11 is 13.3. The minimum atomic E-state index is -1.01. The van der Waals surface area contributed by atoms with Crippen LogP contribution in [0.2, 0.25) is 10.0 Å². The summed E-state index contributed by atoms with van der Waals surface area (Å²) in [6, 6.07) is 3.40. The van der Waals surface area contributed by atoms with Crippen molar-refractivity contribution in [3.05, 3.63) is 28.2 Å². The molecule has 0 spiro atoms. The van der Waals surface area contributed by atoms with E-state index in [9.17, 15) is 14.7 Å². The third kappa shape index (κ3) is 3.56. The summed E-state index contributed by atoms with van der Waals surface area (Å²) in [6.45, 7) is 1.91. The first-order valence-electron chi connectivity index (χ1n) is 6.32. The van der Waals surface area contributed by atoms with E-state index >= 15 is 0 Å². The van der Waals surface area contributed by atoms with E-state index in [0.29, 0.717) is 27.9 Å². The van der Waals surface area contributed by atoms with Crippen molar-refractivity contribution in [3.63, 3.8) is 0 Å². The van der Waals surface area contributed by atoms with E-state index in [-0.39, 0.29) is 5.37 Å². The van der Waals surface area contributed by atoms with Crippen LogP contribution in [-0.4, -0.2) is 39.2 Å². The van der Waals surface area contributed by atoms with Crippen LogP contribution in [0.25, 0.3) is 0 Å². The van der Waals surface area contributed by atoms with Crippen molar-refractivity contribution in [2.75, 3.05) is 11.1 Å². The smallest absolute Gasteiger partial charge is 0.327 e. The van der Waals surface area contributed by atoms with Crippen LogP contribution in [0.15, 0.2) is 18.2 Å². The Balaban J connectivity index is 2.21. The number of carbonyl (C=O) groups excluding carboxylic acids is 1. The summed E-state index contributed by atoms with van der Waals surface area (Å²) in [5.74, 6) is -0.629. The highest BCUT2D eigenvalue weighted by molar-refractivity contribution is 8.00. The average molecular weight is 349 g/mol. The van der Waals surface area contributed by atoms with Crippen molar-refractivity contribution in [1.29, 1.82) is 0 Å². The maximum atomic E-state index is 12.4. The molecular weight excluding hydrogens is 335 g/mol. The third-order valence-corrected chi connectivity index (χ3v) is 5.15. The lowest BCUT2D eigenvalue weighted by molar-refractivity contribution is -0.141. The fourth-order valence-corrected chi connectivity index (χ4v) is 3.80. The Morgan fingerprint density at radius 2 is 2.19 bits per heavy atom. The number of carboxylic acid groups (broad SMARTS) is 1. The Morgan fingerprint density at radius 3 is 2.81 bits per heavy atom. The number of amides is 2. The molecule has 2 amide bonds. The number of nitrogens with zero attached hydrogens (tertiary/aromatic N) is 1. The van der Waals surface area contributed by atoms with Crippen LogP contribution in [0.3, 0.4) is 0 Å². The number of rotatable bonds is 3. The molecule has 8 heteroatoms. The van der Waals surface area contributed by atoms with E-state index in [4.69, 9.17) is 23.2 Å². The number of aliphatic carboxylic acids is 1. The molecule has 1 aromatic carbocycles. The van der Waals surface area contributed by atoms with E-state index in [1.54, 1.807) is 12.1 Å². The van der Waals surface area contributed by atoms with Crippen LogP contribution >= 0.6 is 35.0 Å². The molecule has 2 atom stereocenters. The molecule has 0 aromatic heterocycles. The van der Waals surface area contributed by atoms with Crippen molar-refractivity contribution in [1.82, 2.24) is 4.90 Å². The van der Waals surface area contributed by atoms with Gasteiger partial charge in [0.15, 0.2) is 0 Å². The minimum Gasteiger partial charge on any atom is -0.480 e.